The Bertz CT molecular complexity index is 120. The van der Waals surface area contributed by atoms with E-state index < -0.39 is 0 Å². The van der Waals surface area contributed by atoms with Gasteiger partial charge in [-0.05, 0) is 6.42 Å². The first-order valence-corrected chi connectivity index (χ1v) is 3.84. The van der Waals surface area contributed by atoms with Gasteiger partial charge in [0.25, 0.3) is 0 Å². The number of hydrogen-bond donors (Lipinski definition) is 1. The van der Waals surface area contributed by atoms with E-state index in [1.807, 2.05) is 6.92 Å². The number of hydrogen-bond acceptors (Lipinski definition) is 3. The highest BCUT2D eigenvalue weighted by molar-refractivity contribution is 7.80. The molecule has 0 aromatic heterocycles. The third-order valence-electron chi connectivity index (χ3n) is 0.865. The molecule has 0 saturated heterocycles. The third-order valence-corrected chi connectivity index (χ3v) is 1.15. The molecule has 0 bridgehead atoms. The molecule has 0 fully saturated rings. The minimum Gasteiger partial charge on any atom is -0.469 e. The number of carbonyl (C=O) groups excluding carboxylic acids is 1. The summed E-state index contributed by atoms with van der Waals surface area (Å²) >= 11 is 4.47. The van der Waals surface area contributed by atoms with E-state index >= 15 is 0 Å². The van der Waals surface area contributed by atoms with Crippen LogP contribution in [0.3, 0.4) is 0 Å². The van der Waals surface area contributed by atoms with Gasteiger partial charge in [-0.2, -0.15) is 0 Å². The number of rotatable bonds is 2. The fourth-order valence-corrected chi connectivity index (χ4v) is 0.144. The summed E-state index contributed by atoms with van der Waals surface area (Å²) in [4.78, 5) is 10.5. The van der Waals surface area contributed by atoms with Crippen LogP contribution in [-0.2, 0) is 9.53 Å². The lowest BCUT2D eigenvalue weighted by Crippen LogP contribution is -2.03. The van der Waals surface area contributed by atoms with Crippen molar-refractivity contribution < 1.29 is 9.53 Å². The maximum Gasteiger partial charge on any atom is 0.305 e. The van der Waals surface area contributed by atoms with Gasteiger partial charge in [0.1, 0.15) is 0 Å². The Morgan fingerprint density at radius 1 is 1.45 bits per heavy atom. The fourth-order valence-electron chi connectivity index (χ4n) is 0.144. The van der Waals surface area contributed by atoms with Crippen molar-refractivity contribution in [1.82, 2.24) is 0 Å². The topological polar surface area (TPSA) is 52.3 Å². The average Bonchev–Trinajstić information content (AvgIpc) is 2.04. The molecule has 4 heteroatoms. The quantitative estimate of drug-likeness (QED) is 0.509. The summed E-state index contributed by atoms with van der Waals surface area (Å²) < 4.78 is 4.26. The van der Waals surface area contributed by atoms with Gasteiger partial charge in [-0.15, -0.1) is 0 Å². The molecular weight excluding hydrogens is 162 g/mol. The van der Waals surface area contributed by atoms with Crippen LogP contribution in [0.15, 0.2) is 0 Å². The summed E-state index contributed by atoms with van der Waals surface area (Å²) in [6.45, 7) is 3.69. The first-order valence-electron chi connectivity index (χ1n) is 3.43. The van der Waals surface area contributed by atoms with Gasteiger partial charge in [-0.3, -0.25) is 4.79 Å². The second kappa shape index (κ2) is 9.36. The Balaban J connectivity index is 0. The van der Waals surface area contributed by atoms with E-state index in [-0.39, 0.29) is 5.97 Å². The first kappa shape index (κ1) is 13.0. The molecule has 0 aliphatic rings. The van der Waals surface area contributed by atoms with Crippen molar-refractivity contribution in [2.75, 3.05) is 7.11 Å². The molecule has 0 amide bonds. The zero-order valence-corrected chi connectivity index (χ0v) is 8.03. The predicted molar refractivity (Wildman–Crippen MR) is 49.4 cm³/mol. The van der Waals surface area contributed by atoms with Crippen LogP contribution in [0.25, 0.3) is 0 Å². The van der Waals surface area contributed by atoms with Crippen molar-refractivity contribution in [1.29, 1.82) is 0 Å². The Morgan fingerprint density at radius 2 is 1.82 bits per heavy atom. The van der Waals surface area contributed by atoms with Crippen molar-refractivity contribution in [3.05, 3.63) is 0 Å². The van der Waals surface area contributed by atoms with Crippen LogP contribution < -0.4 is 5.73 Å². The van der Waals surface area contributed by atoms with Crippen LogP contribution in [0.1, 0.15) is 26.7 Å². The van der Waals surface area contributed by atoms with E-state index in [9.17, 15) is 4.79 Å². The molecule has 66 valence electrons. The molecule has 0 unspecified atom stereocenters. The van der Waals surface area contributed by atoms with Crippen molar-refractivity contribution in [2.45, 2.75) is 26.7 Å². The van der Waals surface area contributed by atoms with Gasteiger partial charge < -0.3 is 10.5 Å². The monoisotopic (exact) mass is 177 g/mol. The van der Waals surface area contributed by atoms with Crippen LogP contribution >= 0.6 is 12.2 Å². The maximum atomic E-state index is 9.96. The highest BCUT2D eigenvalue weighted by Gasteiger charge is 1.87. The molecule has 0 aromatic carbocycles. The molecule has 0 radical (unpaired) electrons. The van der Waals surface area contributed by atoms with Crippen LogP contribution in [0.5, 0.6) is 0 Å². The van der Waals surface area contributed by atoms with Crippen LogP contribution in [0, 0.1) is 0 Å². The second-order valence-corrected chi connectivity index (χ2v) is 2.27. The average molecular weight is 177 g/mol. The van der Waals surface area contributed by atoms with E-state index in [1.54, 1.807) is 6.92 Å². The summed E-state index contributed by atoms with van der Waals surface area (Å²) in [6, 6.07) is 0. The lowest BCUT2D eigenvalue weighted by molar-refractivity contribution is -0.140. The summed E-state index contributed by atoms with van der Waals surface area (Å²) in [5.74, 6) is -0.157. The molecular formula is C7H15NO2S. The molecule has 11 heavy (non-hydrogen) atoms. The van der Waals surface area contributed by atoms with Gasteiger partial charge >= 0.3 is 5.97 Å². The predicted octanol–water partition coefficient (Wildman–Crippen LogP) is 1.25. The zero-order chi connectivity index (χ0) is 9.28. The van der Waals surface area contributed by atoms with Crippen LogP contribution in [0.4, 0.5) is 0 Å². The fraction of sp³-hybridized carbons (Fsp3) is 0.714. The molecule has 0 aromatic rings. The smallest absolute Gasteiger partial charge is 0.305 e. The Hall–Kier alpha value is -0.640. The minimum atomic E-state index is -0.157. The van der Waals surface area contributed by atoms with Crippen molar-refractivity contribution >= 4 is 23.2 Å². The first-order chi connectivity index (χ1) is 5.08. The van der Waals surface area contributed by atoms with Gasteiger partial charge in [0, 0.05) is 6.42 Å². The van der Waals surface area contributed by atoms with E-state index in [0.29, 0.717) is 11.4 Å². The lowest BCUT2D eigenvalue weighted by Gasteiger charge is -1.87. The van der Waals surface area contributed by atoms with Crippen LogP contribution in [-0.4, -0.2) is 18.1 Å². The van der Waals surface area contributed by atoms with E-state index in [1.165, 1.54) is 7.11 Å². The molecule has 0 aliphatic heterocycles. The van der Waals surface area contributed by atoms with Crippen LogP contribution in [0.2, 0.25) is 0 Å². The molecule has 0 rings (SSSR count). The van der Waals surface area contributed by atoms with Gasteiger partial charge in [-0.25, -0.2) is 0 Å². The summed E-state index contributed by atoms with van der Waals surface area (Å²) in [6.07, 6.45) is 1.28. The van der Waals surface area contributed by atoms with E-state index in [0.717, 1.165) is 6.42 Å². The molecule has 0 aliphatic carbocycles. The number of ether oxygens (including phenoxy) is 1. The number of methoxy groups -OCH3 is 1. The van der Waals surface area contributed by atoms with Gasteiger partial charge in [0.15, 0.2) is 0 Å². The molecule has 0 spiro atoms. The second-order valence-electron chi connectivity index (χ2n) is 1.75. The molecule has 3 nitrogen and oxygen atoms in total. The Labute approximate surface area is 72.9 Å². The van der Waals surface area contributed by atoms with Crippen molar-refractivity contribution in [2.24, 2.45) is 5.73 Å². The maximum absolute atomic E-state index is 9.96. The van der Waals surface area contributed by atoms with Crippen molar-refractivity contribution in [3.8, 4) is 0 Å². The highest BCUT2D eigenvalue weighted by atomic mass is 32.1. The molecule has 0 heterocycles. The third kappa shape index (κ3) is 17.6. The standard InChI is InChI=1S/C4H8O2.C3H7NS/c1-3-4(5)6-2;1-2-3(4)5/h3H2,1-2H3;2H2,1H3,(H2,4,5). The van der Waals surface area contributed by atoms with Crippen molar-refractivity contribution in [3.63, 3.8) is 0 Å². The lowest BCUT2D eigenvalue weighted by atomic mass is 10.5. The van der Waals surface area contributed by atoms with E-state index in [2.05, 4.69) is 17.0 Å². The summed E-state index contributed by atoms with van der Waals surface area (Å²) in [5, 5.41) is 0. The largest absolute Gasteiger partial charge is 0.469 e. The van der Waals surface area contributed by atoms with Gasteiger partial charge in [0.05, 0.1) is 12.1 Å². The molecule has 2 N–H and O–H groups in total. The molecule has 0 atom stereocenters. The molecule has 0 saturated carbocycles. The Morgan fingerprint density at radius 3 is 1.82 bits per heavy atom. The Kier molecular flexibility index (Phi) is 11.1. The number of carbonyl (C=O) groups is 1. The normalized spacial score (nSPS) is 7.55. The van der Waals surface area contributed by atoms with Gasteiger partial charge in [-0.1, -0.05) is 26.1 Å². The van der Waals surface area contributed by atoms with E-state index in [4.69, 9.17) is 5.73 Å². The van der Waals surface area contributed by atoms with Gasteiger partial charge in [0.2, 0.25) is 0 Å². The number of thiocarbonyl (C=S) groups is 1. The SMILES string of the molecule is CCC(=O)OC.CCC(N)=S. The number of nitrogens with two attached hydrogens (primary N) is 1. The zero-order valence-electron chi connectivity index (χ0n) is 7.22. The highest BCUT2D eigenvalue weighted by Crippen LogP contribution is 1.76. The minimum absolute atomic E-state index is 0.157. The summed E-state index contributed by atoms with van der Waals surface area (Å²) in [7, 11) is 1.38. The summed E-state index contributed by atoms with van der Waals surface area (Å²) in [5.41, 5.74) is 5.02. The number of esters is 1.